The van der Waals surface area contributed by atoms with Crippen molar-refractivity contribution in [3.63, 3.8) is 0 Å². The summed E-state index contributed by atoms with van der Waals surface area (Å²) in [6.45, 7) is 3.98. The minimum absolute atomic E-state index is 0.0383. The molecule has 0 aliphatic carbocycles. The van der Waals surface area contributed by atoms with Crippen molar-refractivity contribution in [3.8, 4) is 0 Å². The minimum atomic E-state index is -4.46. The van der Waals surface area contributed by atoms with E-state index in [-0.39, 0.29) is 23.8 Å². The van der Waals surface area contributed by atoms with Crippen LogP contribution in [0.5, 0.6) is 0 Å². The Hall–Kier alpha value is -2.55. The van der Waals surface area contributed by atoms with Crippen molar-refractivity contribution >= 4 is 29.3 Å². The second kappa shape index (κ2) is 9.59. The third-order valence-corrected chi connectivity index (χ3v) is 4.64. The predicted molar refractivity (Wildman–Crippen MR) is 100 cm³/mol. The van der Waals surface area contributed by atoms with E-state index < -0.39 is 17.7 Å². The van der Waals surface area contributed by atoms with Gasteiger partial charge in [-0.2, -0.15) is 13.2 Å². The van der Waals surface area contributed by atoms with Gasteiger partial charge in [0, 0.05) is 12.7 Å². The zero-order valence-corrected chi connectivity index (χ0v) is 16.1. The fourth-order valence-corrected chi connectivity index (χ4v) is 3.14. The zero-order valence-electron chi connectivity index (χ0n) is 15.3. The van der Waals surface area contributed by atoms with Crippen molar-refractivity contribution in [2.24, 2.45) is 0 Å². The number of para-hydroxylation sites is 1. The Balaban J connectivity index is 2.11. The Kier molecular flexibility index (Phi) is 7.45. The molecule has 0 atom stereocenters. The number of anilines is 1. The summed E-state index contributed by atoms with van der Waals surface area (Å²) in [5.41, 5.74) is -0.145. The van der Waals surface area contributed by atoms with Gasteiger partial charge in [0.05, 0.1) is 34.2 Å². The van der Waals surface area contributed by atoms with E-state index in [0.717, 1.165) is 24.0 Å². The molecule has 0 bridgehead atoms. The van der Waals surface area contributed by atoms with Crippen LogP contribution in [0.2, 0.25) is 0 Å². The van der Waals surface area contributed by atoms with Gasteiger partial charge in [-0.1, -0.05) is 23.9 Å². The van der Waals surface area contributed by atoms with Crippen LogP contribution in [0.1, 0.15) is 29.8 Å². The molecule has 0 saturated carbocycles. The molecule has 0 N–H and O–H groups in total. The van der Waals surface area contributed by atoms with Crippen LogP contribution < -0.4 is 4.90 Å². The number of hydrogen-bond donors (Lipinski definition) is 0. The summed E-state index contributed by atoms with van der Waals surface area (Å²) in [4.78, 5) is 30.0. The number of aromatic nitrogens is 1. The fraction of sp³-hybridized carbons (Fsp3) is 0.316. The van der Waals surface area contributed by atoms with Crippen molar-refractivity contribution in [2.75, 3.05) is 23.8 Å². The number of hydrogen-bond acceptors (Lipinski definition) is 5. The van der Waals surface area contributed by atoms with Crippen molar-refractivity contribution in [1.29, 1.82) is 0 Å². The summed E-state index contributed by atoms with van der Waals surface area (Å²) in [5, 5.41) is 0.302. The van der Waals surface area contributed by atoms with Crippen LogP contribution in [0.15, 0.2) is 47.6 Å². The summed E-state index contributed by atoms with van der Waals surface area (Å²) in [5.74, 6) is -0.865. The van der Waals surface area contributed by atoms with Crippen molar-refractivity contribution in [1.82, 2.24) is 4.98 Å². The molecule has 0 aliphatic rings. The summed E-state index contributed by atoms with van der Waals surface area (Å²) >= 11 is 1.02. The van der Waals surface area contributed by atoms with Crippen molar-refractivity contribution in [3.05, 3.63) is 53.7 Å². The van der Waals surface area contributed by atoms with E-state index in [4.69, 9.17) is 4.74 Å². The first-order valence-electron chi connectivity index (χ1n) is 8.50. The molecule has 9 heteroatoms. The molecule has 150 valence electrons. The Morgan fingerprint density at radius 2 is 1.86 bits per heavy atom. The lowest BCUT2D eigenvalue weighted by Gasteiger charge is -2.23. The van der Waals surface area contributed by atoms with E-state index in [0.29, 0.717) is 17.3 Å². The second-order valence-corrected chi connectivity index (χ2v) is 6.54. The van der Waals surface area contributed by atoms with Gasteiger partial charge in [-0.05, 0) is 38.1 Å². The van der Waals surface area contributed by atoms with Crippen LogP contribution in [0.3, 0.4) is 0 Å². The normalized spacial score (nSPS) is 11.2. The lowest BCUT2D eigenvalue weighted by molar-refractivity contribution is -0.137. The van der Waals surface area contributed by atoms with Gasteiger partial charge in [-0.3, -0.25) is 4.79 Å². The van der Waals surface area contributed by atoms with E-state index >= 15 is 0 Å². The number of pyridine rings is 1. The number of thioether (sulfide) groups is 1. The Bertz CT molecular complexity index is 826. The highest BCUT2D eigenvalue weighted by Gasteiger charge is 2.30. The summed E-state index contributed by atoms with van der Waals surface area (Å²) in [7, 11) is 0. The maximum Gasteiger partial charge on any atom is 0.417 e. The zero-order chi connectivity index (χ0) is 20.7. The number of halogens is 3. The number of alkyl halides is 3. The third kappa shape index (κ3) is 5.48. The number of nitrogens with zero attached hydrogens (tertiary/aromatic N) is 2. The molecule has 2 rings (SSSR count). The predicted octanol–water partition coefficient (Wildman–Crippen LogP) is 4.42. The van der Waals surface area contributed by atoms with Crippen LogP contribution >= 0.6 is 11.8 Å². The number of carbonyl (C=O) groups is 2. The smallest absolute Gasteiger partial charge is 0.417 e. The summed E-state index contributed by atoms with van der Waals surface area (Å²) in [6.07, 6.45) is -3.72. The molecule has 0 radical (unpaired) electrons. The number of carbonyl (C=O) groups excluding carboxylic acids is 2. The first-order valence-corrected chi connectivity index (χ1v) is 9.49. The van der Waals surface area contributed by atoms with Gasteiger partial charge in [-0.25, -0.2) is 9.78 Å². The quantitative estimate of drug-likeness (QED) is 0.498. The molecule has 1 aromatic carbocycles. The van der Waals surface area contributed by atoms with Gasteiger partial charge in [0.15, 0.2) is 0 Å². The average Bonchev–Trinajstić information content (AvgIpc) is 2.67. The highest BCUT2D eigenvalue weighted by Crippen LogP contribution is 2.30. The molecule has 0 fully saturated rings. The second-order valence-electron chi connectivity index (χ2n) is 5.55. The standard InChI is InChI=1S/C19H19F3N2O3S/c1-3-24(15-8-6-5-7-14(15)18(26)27-4-2)17(25)12-28-16-10-9-13(11-23-16)19(20,21)22/h5-11H,3-4,12H2,1-2H3. The van der Waals surface area contributed by atoms with Gasteiger partial charge in [0.25, 0.3) is 0 Å². The molecule has 0 aliphatic heterocycles. The molecular formula is C19H19F3N2O3S. The lowest BCUT2D eigenvalue weighted by atomic mass is 10.1. The topological polar surface area (TPSA) is 59.5 Å². The Labute approximate surface area is 164 Å². The number of rotatable bonds is 7. The van der Waals surface area contributed by atoms with E-state index in [1.54, 1.807) is 38.1 Å². The van der Waals surface area contributed by atoms with Crippen LogP contribution in [-0.2, 0) is 15.7 Å². The fourth-order valence-electron chi connectivity index (χ4n) is 2.42. The first kappa shape index (κ1) is 21.7. The molecule has 28 heavy (non-hydrogen) atoms. The largest absolute Gasteiger partial charge is 0.462 e. The molecular weight excluding hydrogens is 393 g/mol. The number of benzene rings is 1. The van der Waals surface area contributed by atoms with Crippen molar-refractivity contribution in [2.45, 2.75) is 25.0 Å². The monoisotopic (exact) mass is 412 g/mol. The van der Waals surface area contributed by atoms with Crippen molar-refractivity contribution < 1.29 is 27.5 Å². The Morgan fingerprint density at radius 3 is 2.43 bits per heavy atom. The SMILES string of the molecule is CCOC(=O)c1ccccc1N(CC)C(=O)CSc1ccc(C(F)(F)F)cn1. The average molecular weight is 412 g/mol. The third-order valence-electron chi connectivity index (χ3n) is 3.71. The maximum atomic E-state index is 12.7. The number of amides is 1. The maximum absolute atomic E-state index is 12.7. The molecule has 1 aromatic heterocycles. The lowest BCUT2D eigenvalue weighted by Crippen LogP contribution is -2.33. The summed E-state index contributed by atoms with van der Waals surface area (Å²) < 4.78 is 42.8. The molecule has 1 heterocycles. The minimum Gasteiger partial charge on any atom is -0.462 e. The van der Waals surface area contributed by atoms with Gasteiger partial charge in [0.1, 0.15) is 0 Å². The van der Waals surface area contributed by atoms with Gasteiger partial charge in [-0.15, -0.1) is 0 Å². The van der Waals surface area contributed by atoms with Crippen LogP contribution in [0, 0.1) is 0 Å². The summed E-state index contributed by atoms with van der Waals surface area (Å²) in [6, 6.07) is 8.76. The number of esters is 1. The van der Waals surface area contributed by atoms with Gasteiger partial charge >= 0.3 is 12.1 Å². The van der Waals surface area contributed by atoms with Gasteiger partial charge in [0.2, 0.25) is 5.91 Å². The van der Waals surface area contributed by atoms with E-state index in [9.17, 15) is 22.8 Å². The Morgan fingerprint density at radius 1 is 1.14 bits per heavy atom. The highest BCUT2D eigenvalue weighted by molar-refractivity contribution is 7.99. The molecule has 1 amide bonds. The molecule has 2 aromatic rings. The van der Waals surface area contributed by atoms with Crippen LogP contribution in [0.25, 0.3) is 0 Å². The van der Waals surface area contributed by atoms with E-state index in [1.807, 2.05) is 0 Å². The van der Waals surface area contributed by atoms with Crippen LogP contribution in [-0.4, -0.2) is 35.8 Å². The molecule has 0 spiro atoms. The van der Waals surface area contributed by atoms with E-state index in [1.165, 1.54) is 11.0 Å². The highest BCUT2D eigenvalue weighted by atomic mass is 32.2. The number of ether oxygens (including phenoxy) is 1. The molecule has 5 nitrogen and oxygen atoms in total. The van der Waals surface area contributed by atoms with Gasteiger partial charge < -0.3 is 9.64 Å². The molecule has 0 saturated heterocycles. The van der Waals surface area contributed by atoms with E-state index in [2.05, 4.69) is 4.98 Å². The molecule has 0 unspecified atom stereocenters. The first-order chi connectivity index (χ1) is 13.3. The van der Waals surface area contributed by atoms with Crippen LogP contribution in [0.4, 0.5) is 18.9 Å².